The van der Waals surface area contributed by atoms with E-state index in [1.54, 1.807) is 0 Å². The van der Waals surface area contributed by atoms with Crippen molar-refractivity contribution in [3.8, 4) is 0 Å². The van der Waals surface area contributed by atoms with Crippen molar-refractivity contribution in [2.24, 2.45) is 5.92 Å². The van der Waals surface area contributed by atoms with E-state index in [-0.39, 0.29) is 0 Å². The van der Waals surface area contributed by atoms with Crippen LogP contribution >= 0.6 is 0 Å². The summed E-state index contributed by atoms with van der Waals surface area (Å²) in [5, 5.41) is 3.35. The topological polar surface area (TPSA) is 15.3 Å². The maximum absolute atomic E-state index is 4.17. The highest BCUT2D eigenvalue weighted by molar-refractivity contribution is 5.02. The van der Waals surface area contributed by atoms with Crippen LogP contribution in [0.4, 0.5) is 0 Å². The van der Waals surface area contributed by atoms with Crippen LogP contribution in [-0.4, -0.2) is 37.1 Å². The third-order valence-electron chi connectivity index (χ3n) is 3.11. The number of nitrogens with one attached hydrogen (secondary N) is 1. The maximum atomic E-state index is 4.17. The molecule has 16 heavy (non-hydrogen) atoms. The van der Waals surface area contributed by atoms with E-state index < -0.39 is 0 Å². The van der Waals surface area contributed by atoms with Crippen molar-refractivity contribution in [3.63, 3.8) is 0 Å². The molecule has 0 heterocycles. The minimum absolute atomic E-state index is 0.809. The summed E-state index contributed by atoms with van der Waals surface area (Å²) in [6.07, 6.45) is 4.10. The molecule has 0 aromatic heterocycles. The van der Waals surface area contributed by atoms with Gasteiger partial charge in [-0.2, -0.15) is 0 Å². The van der Waals surface area contributed by atoms with Crippen LogP contribution < -0.4 is 5.32 Å². The lowest BCUT2D eigenvalue weighted by Crippen LogP contribution is -2.32. The number of hydrogen-bond acceptors (Lipinski definition) is 2. The Hall–Kier alpha value is -0.340. The molecule has 0 aromatic carbocycles. The van der Waals surface area contributed by atoms with Crippen molar-refractivity contribution in [3.05, 3.63) is 12.2 Å². The molecule has 1 N–H and O–H groups in total. The van der Waals surface area contributed by atoms with E-state index >= 15 is 0 Å². The van der Waals surface area contributed by atoms with Crippen molar-refractivity contribution < 1.29 is 0 Å². The SMILES string of the molecule is C=C(CNCC)CN(CCC(C)C)C1CC1. The molecular weight excluding hydrogens is 196 g/mol. The third-order valence-corrected chi connectivity index (χ3v) is 3.11. The van der Waals surface area contributed by atoms with Crippen molar-refractivity contribution in [2.45, 2.75) is 46.1 Å². The first-order valence-electron chi connectivity index (χ1n) is 6.74. The van der Waals surface area contributed by atoms with Crippen LogP contribution in [0.3, 0.4) is 0 Å². The first-order valence-corrected chi connectivity index (χ1v) is 6.74. The van der Waals surface area contributed by atoms with Crippen molar-refractivity contribution in [1.82, 2.24) is 10.2 Å². The molecule has 2 nitrogen and oxygen atoms in total. The fraction of sp³-hybridized carbons (Fsp3) is 0.857. The molecule has 0 aromatic rings. The van der Waals surface area contributed by atoms with E-state index in [1.807, 2.05) is 0 Å². The molecule has 94 valence electrons. The third kappa shape index (κ3) is 5.66. The highest BCUT2D eigenvalue weighted by atomic mass is 15.2. The second kappa shape index (κ2) is 7.08. The predicted molar refractivity (Wildman–Crippen MR) is 71.7 cm³/mol. The summed E-state index contributed by atoms with van der Waals surface area (Å²) in [4.78, 5) is 2.62. The molecule has 1 rings (SSSR count). The second-order valence-corrected chi connectivity index (χ2v) is 5.41. The van der Waals surface area contributed by atoms with Crippen LogP contribution in [0.5, 0.6) is 0 Å². The minimum Gasteiger partial charge on any atom is -0.313 e. The van der Waals surface area contributed by atoms with Gasteiger partial charge in [-0.15, -0.1) is 0 Å². The molecule has 0 bridgehead atoms. The average Bonchev–Trinajstić information content (AvgIpc) is 3.04. The summed E-state index contributed by atoms with van der Waals surface area (Å²) in [6, 6.07) is 0.858. The smallest absolute Gasteiger partial charge is 0.0205 e. The number of rotatable bonds is 9. The van der Waals surface area contributed by atoms with Gasteiger partial charge in [0.05, 0.1) is 0 Å². The van der Waals surface area contributed by atoms with Crippen molar-refractivity contribution in [1.29, 1.82) is 0 Å². The number of likely N-dealkylation sites (N-methyl/N-ethyl adjacent to an activating group) is 1. The first kappa shape index (κ1) is 13.7. The second-order valence-electron chi connectivity index (χ2n) is 5.41. The molecule has 0 saturated heterocycles. The Kier molecular flexibility index (Phi) is 6.07. The monoisotopic (exact) mass is 224 g/mol. The average molecular weight is 224 g/mol. The fourth-order valence-corrected chi connectivity index (χ4v) is 1.90. The molecule has 0 aliphatic heterocycles. The van der Waals surface area contributed by atoms with Gasteiger partial charge in [-0.25, -0.2) is 0 Å². The highest BCUT2D eigenvalue weighted by Crippen LogP contribution is 2.27. The zero-order valence-corrected chi connectivity index (χ0v) is 11.3. The molecule has 1 aliphatic carbocycles. The lowest BCUT2D eigenvalue weighted by Gasteiger charge is -2.24. The van der Waals surface area contributed by atoms with Crippen LogP contribution in [0.25, 0.3) is 0 Å². The molecular formula is C14H28N2. The Balaban J connectivity index is 2.24. The summed E-state index contributed by atoms with van der Waals surface area (Å²) in [5.74, 6) is 0.809. The lowest BCUT2D eigenvalue weighted by atomic mass is 10.1. The Morgan fingerprint density at radius 1 is 1.44 bits per heavy atom. The summed E-state index contributed by atoms with van der Waals surface area (Å²) in [6.45, 7) is 15.3. The Morgan fingerprint density at radius 2 is 2.12 bits per heavy atom. The molecule has 1 saturated carbocycles. The normalized spacial score (nSPS) is 16.1. The van der Waals surface area contributed by atoms with Gasteiger partial charge < -0.3 is 5.32 Å². The maximum Gasteiger partial charge on any atom is 0.0205 e. The molecule has 0 spiro atoms. The first-order chi connectivity index (χ1) is 7.63. The number of hydrogen-bond donors (Lipinski definition) is 1. The molecule has 2 heteroatoms. The van der Waals surface area contributed by atoms with Crippen molar-refractivity contribution >= 4 is 0 Å². The quantitative estimate of drug-likeness (QED) is 0.606. The van der Waals surface area contributed by atoms with Gasteiger partial charge in [-0.05, 0) is 43.8 Å². The van der Waals surface area contributed by atoms with E-state index in [0.717, 1.165) is 31.6 Å². The molecule has 1 aliphatic rings. The van der Waals surface area contributed by atoms with Gasteiger partial charge in [0.25, 0.3) is 0 Å². The summed E-state index contributed by atoms with van der Waals surface area (Å²) >= 11 is 0. The van der Waals surface area contributed by atoms with E-state index in [0.29, 0.717) is 0 Å². The van der Waals surface area contributed by atoms with Gasteiger partial charge in [0.2, 0.25) is 0 Å². The zero-order chi connectivity index (χ0) is 12.0. The predicted octanol–water partition coefficient (Wildman–Crippen LogP) is 2.66. The summed E-state index contributed by atoms with van der Waals surface area (Å²) in [7, 11) is 0. The van der Waals surface area contributed by atoms with Gasteiger partial charge in [0, 0.05) is 19.1 Å². The Labute approximate surface area is 101 Å². The highest BCUT2D eigenvalue weighted by Gasteiger charge is 2.28. The van der Waals surface area contributed by atoms with Crippen LogP contribution in [0.1, 0.15) is 40.0 Å². The van der Waals surface area contributed by atoms with Gasteiger partial charge in [0.1, 0.15) is 0 Å². The lowest BCUT2D eigenvalue weighted by molar-refractivity contribution is 0.266. The summed E-state index contributed by atoms with van der Waals surface area (Å²) in [5.41, 5.74) is 1.33. The number of nitrogens with zero attached hydrogens (tertiary/aromatic N) is 1. The Bertz CT molecular complexity index is 207. The van der Waals surface area contributed by atoms with Crippen LogP contribution in [-0.2, 0) is 0 Å². The van der Waals surface area contributed by atoms with E-state index in [9.17, 15) is 0 Å². The van der Waals surface area contributed by atoms with Crippen LogP contribution in [0.2, 0.25) is 0 Å². The fourth-order valence-electron chi connectivity index (χ4n) is 1.90. The van der Waals surface area contributed by atoms with Gasteiger partial charge >= 0.3 is 0 Å². The zero-order valence-electron chi connectivity index (χ0n) is 11.3. The largest absolute Gasteiger partial charge is 0.313 e. The van der Waals surface area contributed by atoms with Gasteiger partial charge in [-0.1, -0.05) is 27.4 Å². The Morgan fingerprint density at radius 3 is 2.62 bits per heavy atom. The van der Waals surface area contributed by atoms with Gasteiger partial charge in [0.15, 0.2) is 0 Å². The molecule has 0 radical (unpaired) electrons. The van der Waals surface area contributed by atoms with E-state index in [2.05, 4.69) is 37.6 Å². The minimum atomic E-state index is 0.809. The van der Waals surface area contributed by atoms with Crippen LogP contribution in [0, 0.1) is 5.92 Å². The van der Waals surface area contributed by atoms with Crippen LogP contribution in [0.15, 0.2) is 12.2 Å². The molecule has 0 amide bonds. The molecule has 0 atom stereocenters. The summed E-state index contributed by atoms with van der Waals surface area (Å²) < 4.78 is 0. The van der Waals surface area contributed by atoms with Crippen molar-refractivity contribution in [2.75, 3.05) is 26.2 Å². The van der Waals surface area contributed by atoms with Gasteiger partial charge in [-0.3, -0.25) is 4.90 Å². The van der Waals surface area contributed by atoms with E-state index in [4.69, 9.17) is 0 Å². The van der Waals surface area contributed by atoms with E-state index in [1.165, 1.54) is 31.4 Å². The molecule has 1 fully saturated rings. The standard InChI is InChI=1S/C14H28N2/c1-5-15-10-13(4)11-16(14-6-7-14)9-8-12(2)3/h12,14-15H,4-11H2,1-3H3. The molecule has 0 unspecified atom stereocenters.